The number of hydrogen-bond acceptors (Lipinski definition) is 4. The normalized spacial score (nSPS) is 24.2. The van der Waals surface area contributed by atoms with Crippen molar-refractivity contribution >= 4 is 11.8 Å². The molecule has 1 aromatic carbocycles. The Morgan fingerprint density at radius 3 is 2.45 bits per heavy atom. The van der Waals surface area contributed by atoms with Gasteiger partial charge in [0, 0.05) is 19.7 Å². The second-order valence-corrected chi connectivity index (χ2v) is 5.69. The van der Waals surface area contributed by atoms with E-state index in [0.717, 1.165) is 5.56 Å². The molecule has 0 spiro atoms. The minimum atomic E-state index is -0.904. The third kappa shape index (κ3) is 3.28. The Morgan fingerprint density at radius 2 is 1.95 bits per heavy atom. The summed E-state index contributed by atoms with van der Waals surface area (Å²) in [6, 6.07) is 6.76. The molecule has 3 N–H and O–H groups in total. The first-order chi connectivity index (χ1) is 10.5. The number of nitrogens with zero attached hydrogens (tertiary/aromatic N) is 1. The van der Waals surface area contributed by atoms with Crippen LogP contribution in [0.15, 0.2) is 24.3 Å². The highest BCUT2D eigenvalue weighted by Crippen LogP contribution is 2.30. The molecule has 0 aliphatic heterocycles. The largest absolute Gasteiger partial charge is 0.390 e. The average molecular weight is 306 g/mol. The van der Waals surface area contributed by atoms with Crippen LogP contribution < -0.4 is 5.73 Å². The van der Waals surface area contributed by atoms with Gasteiger partial charge in [0.2, 0.25) is 5.91 Å². The molecule has 0 radical (unpaired) electrons. The molecule has 0 aromatic heterocycles. The SMILES string of the molecule is COCc1ccc(C(=O)N(C)[C@@H]2CC[C@@H](C(N)=O)[C@@H]2O)cc1. The number of benzene rings is 1. The molecule has 6 nitrogen and oxygen atoms in total. The number of nitrogens with two attached hydrogens (primary N) is 1. The highest BCUT2D eigenvalue weighted by atomic mass is 16.5. The number of carbonyl (C=O) groups is 2. The van der Waals surface area contributed by atoms with Gasteiger partial charge in [-0.25, -0.2) is 0 Å². The van der Waals surface area contributed by atoms with Gasteiger partial charge in [-0.15, -0.1) is 0 Å². The van der Waals surface area contributed by atoms with E-state index >= 15 is 0 Å². The van der Waals surface area contributed by atoms with Crippen molar-refractivity contribution in [3.05, 3.63) is 35.4 Å². The van der Waals surface area contributed by atoms with Gasteiger partial charge in [0.1, 0.15) is 0 Å². The molecule has 6 heteroatoms. The van der Waals surface area contributed by atoms with Crippen molar-refractivity contribution in [1.29, 1.82) is 0 Å². The molecule has 0 bridgehead atoms. The maximum Gasteiger partial charge on any atom is 0.253 e. The van der Waals surface area contributed by atoms with Gasteiger partial charge in [0.25, 0.3) is 5.91 Å². The van der Waals surface area contributed by atoms with E-state index in [2.05, 4.69) is 0 Å². The summed E-state index contributed by atoms with van der Waals surface area (Å²) in [6.45, 7) is 0.492. The standard InChI is InChI=1S/C16H22N2O4/c1-18(13-8-7-12(14(13)19)15(17)20)16(21)11-5-3-10(4-6-11)9-22-2/h3-6,12-14,19H,7-9H2,1-2H3,(H2,17,20)/t12-,13-,14+/m1/s1. The first kappa shape index (κ1) is 16.5. The number of ether oxygens (including phenoxy) is 1. The monoisotopic (exact) mass is 306 g/mol. The summed E-state index contributed by atoms with van der Waals surface area (Å²) in [4.78, 5) is 25.3. The predicted molar refractivity (Wildman–Crippen MR) is 81.0 cm³/mol. The maximum absolute atomic E-state index is 12.5. The molecule has 0 heterocycles. The maximum atomic E-state index is 12.5. The number of carbonyl (C=O) groups excluding carboxylic acids is 2. The molecule has 1 aromatic rings. The summed E-state index contributed by atoms with van der Waals surface area (Å²) in [5, 5.41) is 10.2. The molecule has 120 valence electrons. The Hall–Kier alpha value is -1.92. The zero-order valence-corrected chi connectivity index (χ0v) is 12.9. The smallest absolute Gasteiger partial charge is 0.253 e. The van der Waals surface area contributed by atoms with Crippen molar-refractivity contribution in [2.24, 2.45) is 11.7 Å². The van der Waals surface area contributed by atoms with Crippen LogP contribution >= 0.6 is 0 Å². The zero-order valence-electron chi connectivity index (χ0n) is 12.9. The van der Waals surface area contributed by atoms with Crippen molar-refractivity contribution < 1.29 is 19.4 Å². The molecule has 3 atom stereocenters. The number of aliphatic hydroxyl groups excluding tert-OH is 1. The van der Waals surface area contributed by atoms with Crippen LogP contribution in [0.2, 0.25) is 0 Å². The van der Waals surface area contributed by atoms with E-state index < -0.39 is 17.9 Å². The molecule has 1 saturated carbocycles. The molecular formula is C16H22N2O4. The van der Waals surface area contributed by atoms with Gasteiger partial charge in [-0.05, 0) is 30.5 Å². The van der Waals surface area contributed by atoms with Crippen LogP contribution in [0, 0.1) is 5.92 Å². The third-order valence-corrected chi connectivity index (χ3v) is 4.28. The lowest BCUT2D eigenvalue weighted by atomic mass is 10.0. The molecule has 1 fully saturated rings. The topological polar surface area (TPSA) is 92.9 Å². The minimum Gasteiger partial charge on any atom is -0.390 e. The predicted octanol–water partition coefficient (Wildman–Crippen LogP) is 0.530. The van der Waals surface area contributed by atoms with Gasteiger partial charge >= 0.3 is 0 Å². The summed E-state index contributed by atoms with van der Waals surface area (Å²) < 4.78 is 5.03. The van der Waals surface area contributed by atoms with Gasteiger partial charge in [-0.1, -0.05) is 12.1 Å². The summed E-state index contributed by atoms with van der Waals surface area (Å²) in [5.74, 6) is -1.28. The van der Waals surface area contributed by atoms with Gasteiger partial charge in [0.05, 0.1) is 24.7 Å². The molecule has 22 heavy (non-hydrogen) atoms. The highest BCUT2D eigenvalue weighted by molar-refractivity contribution is 5.94. The number of likely N-dealkylation sites (N-methyl/N-ethyl adjacent to an activating group) is 1. The summed E-state index contributed by atoms with van der Waals surface area (Å²) >= 11 is 0. The third-order valence-electron chi connectivity index (χ3n) is 4.28. The Kier molecular flexibility index (Phi) is 5.15. The second-order valence-electron chi connectivity index (χ2n) is 5.69. The van der Waals surface area contributed by atoms with Crippen molar-refractivity contribution in [2.45, 2.75) is 31.6 Å². The van der Waals surface area contributed by atoms with Crippen LogP contribution in [0.25, 0.3) is 0 Å². The Bertz CT molecular complexity index is 544. The molecular weight excluding hydrogens is 284 g/mol. The van der Waals surface area contributed by atoms with Gasteiger partial charge in [-0.2, -0.15) is 0 Å². The van der Waals surface area contributed by atoms with E-state index in [9.17, 15) is 14.7 Å². The quantitative estimate of drug-likeness (QED) is 0.830. The Labute approximate surface area is 129 Å². The zero-order chi connectivity index (χ0) is 16.3. The average Bonchev–Trinajstić information content (AvgIpc) is 2.89. The summed E-state index contributed by atoms with van der Waals surface area (Å²) in [7, 11) is 3.26. The lowest BCUT2D eigenvalue weighted by Gasteiger charge is -2.28. The molecule has 2 rings (SSSR count). The number of primary amides is 1. The van der Waals surface area contributed by atoms with E-state index in [1.165, 1.54) is 4.90 Å². The van der Waals surface area contributed by atoms with Gasteiger partial charge in [-0.3, -0.25) is 9.59 Å². The molecule has 0 saturated heterocycles. The Morgan fingerprint density at radius 1 is 1.32 bits per heavy atom. The van der Waals surface area contributed by atoms with Crippen LogP contribution in [0.5, 0.6) is 0 Å². The van der Waals surface area contributed by atoms with E-state index in [1.54, 1.807) is 26.3 Å². The van der Waals surface area contributed by atoms with E-state index in [1.807, 2.05) is 12.1 Å². The number of aliphatic hydroxyl groups is 1. The van der Waals surface area contributed by atoms with Crippen LogP contribution in [0.4, 0.5) is 0 Å². The number of rotatable bonds is 5. The van der Waals surface area contributed by atoms with E-state index in [-0.39, 0.29) is 11.9 Å². The molecule has 1 aliphatic rings. The lowest BCUT2D eigenvalue weighted by Crippen LogP contribution is -2.45. The fourth-order valence-electron chi connectivity index (χ4n) is 2.96. The highest BCUT2D eigenvalue weighted by Gasteiger charge is 2.41. The van der Waals surface area contributed by atoms with Crippen molar-refractivity contribution in [3.8, 4) is 0 Å². The summed E-state index contributed by atoms with van der Waals surface area (Å²) in [5.41, 5.74) is 6.79. The molecule has 1 aliphatic carbocycles. The molecule has 0 unspecified atom stereocenters. The first-order valence-electron chi connectivity index (χ1n) is 7.28. The van der Waals surface area contributed by atoms with Gasteiger partial charge in [0.15, 0.2) is 0 Å². The van der Waals surface area contributed by atoms with Crippen molar-refractivity contribution in [2.75, 3.05) is 14.2 Å². The number of hydrogen-bond donors (Lipinski definition) is 2. The summed E-state index contributed by atoms with van der Waals surface area (Å²) in [6.07, 6.45) is 0.170. The number of methoxy groups -OCH3 is 1. The first-order valence-corrected chi connectivity index (χ1v) is 7.28. The fraction of sp³-hybridized carbons (Fsp3) is 0.500. The Balaban J connectivity index is 2.07. The minimum absolute atomic E-state index is 0.182. The van der Waals surface area contributed by atoms with Crippen molar-refractivity contribution in [1.82, 2.24) is 4.90 Å². The van der Waals surface area contributed by atoms with Crippen LogP contribution in [0.1, 0.15) is 28.8 Å². The van der Waals surface area contributed by atoms with E-state index in [0.29, 0.717) is 25.0 Å². The fourth-order valence-corrected chi connectivity index (χ4v) is 2.96. The second kappa shape index (κ2) is 6.89. The van der Waals surface area contributed by atoms with Crippen molar-refractivity contribution in [3.63, 3.8) is 0 Å². The van der Waals surface area contributed by atoms with Crippen LogP contribution in [-0.4, -0.2) is 48.1 Å². The van der Waals surface area contributed by atoms with Crippen LogP contribution in [0.3, 0.4) is 0 Å². The molecule has 2 amide bonds. The lowest BCUT2D eigenvalue weighted by molar-refractivity contribution is -0.124. The van der Waals surface area contributed by atoms with Crippen LogP contribution in [-0.2, 0) is 16.1 Å². The van der Waals surface area contributed by atoms with Gasteiger partial charge < -0.3 is 20.5 Å². The number of amides is 2. The van der Waals surface area contributed by atoms with E-state index in [4.69, 9.17) is 10.5 Å².